The average Bonchev–Trinajstić information content (AvgIpc) is 2.08. The Kier molecular flexibility index (Phi) is 12.8. The predicted octanol–water partition coefficient (Wildman–Crippen LogP) is 2.59. The third kappa shape index (κ3) is 11.3. The maximum atomic E-state index is 8.63. The molecule has 0 unspecified atom stereocenters. The molecule has 1 rings (SSSR count). The molecule has 0 aliphatic rings. The molecule has 1 aromatic carbocycles. The zero-order chi connectivity index (χ0) is 9.23. The van der Waals surface area contributed by atoms with E-state index in [-0.39, 0.29) is 12.4 Å². The quantitative estimate of drug-likeness (QED) is 0.778. The molecule has 1 aromatic rings. The van der Waals surface area contributed by atoms with Gasteiger partial charge in [0.15, 0.2) is 0 Å². The summed E-state index contributed by atoms with van der Waals surface area (Å²) in [7, 11) is 0. The summed E-state index contributed by atoms with van der Waals surface area (Å²) in [6.07, 6.45) is 2.04. The number of hydrogen-bond donors (Lipinski definition) is 2. The Morgan fingerprint density at radius 1 is 1.15 bits per heavy atom. The number of rotatable bonds is 2. The van der Waals surface area contributed by atoms with E-state index in [0.29, 0.717) is 12.4 Å². The van der Waals surface area contributed by atoms with Gasteiger partial charge in [0.05, 0.1) is 0 Å². The second-order valence-electron chi connectivity index (χ2n) is 2.41. The van der Waals surface area contributed by atoms with Gasteiger partial charge >= 0.3 is 0 Å². The van der Waals surface area contributed by atoms with Crippen molar-refractivity contribution in [3.63, 3.8) is 0 Å². The van der Waals surface area contributed by atoms with Gasteiger partial charge < -0.3 is 10.2 Å². The van der Waals surface area contributed by atoms with Crippen molar-refractivity contribution >= 4 is 12.4 Å². The first-order valence-electron chi connectivity index (χ1n) is 4.16. The van der Waals surface area contributed by atoms with Crippen LogP contribution >= 0.6 is 12.4 Å². The van der Waals surface area contributed by atoms with Crippen LogP contribution in [0.2, 0.25) is 0 Å². The molecule has 0 aliphatic carbocycles. The number of phenolic OH excluding ortho intramolecular Hbond substituents is 1. The number of aliphatic hydroxyl groups excluding tert-OH is 1. The van der Waals surface area contributed by atoms with Crippen LogP contribution in [0.3, 0.4) is 0 Å². The fourth-order valence-electron chi connectivity index (χ4n) is 0.586. The maximum Gasteiger partial charge on any atom is 0.115 e. The zero-order valence-corrected chi connectivity index (χ0v) is 8.63. The molecule has 13 heavy (non-hydrogen) atoms. The van der Waals surface area contributed by atoms with E-state index in [0.717, 1.165) is 12.8 Å². The van der Waals surface area contributed by atoms with Crippen LogP contribution in [0.1, 0.15) is 19.8 Å². The standard InChI is InChI=1S/C6H6O.C4H10O.ClH/c7-6-4-2-1-3-5-6;1-2-3-4-5;/h1-5,7H;5H,2-4H2,1H3;1H. The van der Waals surface area contributed by atoms with Gasteiger partial charge in [0, 0.05) is 6.61 Å². The molecular weight excluding hydrogens is 188 g/mol. The van der Waals surface area contributed by atoms with Crippen molar-refractivity contribution in [2.75, 3.05) is 6.61 Å². The predicted molar refractivity (Wildman–Crippen MR) is 57.3 cm³/mol. The number of unbranched alkanes of at least 4 members (excludes halogenated alkanes) is 1. The van der Waals surface area contributed by atoms with E-state index in [2.05, 4.69) is 6.92 Å². The van der Waals surface area contributed by atoms with E-state index in [4.69, 9.17) is 10.2 Å². The SMILES string of the molecule is CCCCO.Cl.Oc1ccccc1. The van der Waals surface area contributed by atoms with Crippen LogP contribution in [0, 0.1) is 0 Å². The van der Waals surface area contributed by atoms with Gasteiger partial charge in [0.1, 0.15) is 5.75 Å². The smallest absolute Gasteiger partial charge is 0.115 e. The van der Waals surface area contributed by atoms with Gasteiger partial charge in [-0.1, -0.05) is 31.5 Å². The number of hydrogen-bond acceptors (Lipinski definition) is 2. The summed E-state index contributed by atoms with van der Waals surface area (Å²) in [4.78, 5) is 0. The number of benzene rings is 1. The highest BCUT2D eigenvalue weighted by Gasteiger charge is 1.74. The fourth-order valence-corrected chi connectivity index (χ4v) is 0.586. The first-order chi connectivity index (χ1) is 5.81. The molecule has 3 heteroatoms. The van der Waals surface area contributed by atoms with E-state index in [1.807, 2.05) is 6.07 Å². The van der Waals surface area contributed by atoms with Crippen molar-refractivity contribution in [1.82, 2.24) is 0 Å². The molecule has 2 N–H and O–H groups in total. The lowest BCUT2D eigenvalue weighted by Crippen LogP contribution is -1.75. The van der Waals surface area contributed by atoms with E-state index in [9.17, 15) is 0 Å². The summed E-state index contributed by atoms with van der Waals surface area (Å²) in [5, 5.41) is 16.7. The lowest BCUT2D eigenvalue weighted by atomic mass is 10.3. The topological polar surface area (TPSA) is 40.5 Å². The van der Waals surface area contributed by atoms with E-state index in [1.54, 1.807) is 24.3 Å². The van der Waals surface area contributed by atoms with Crippen LogP contribution in [0.25, 0.3) is 0 Å². The summed E-state index contributed by atoms with van der Waals surface area (Å²) in [5.74, 6) is 0.322. The van der Waals surface area contributed by atoms with Gasteiger partial charge in [-0.05, 0) is 18.6 Å². The summed E-state index contributed by atoms with van der Waals surface area (Å²) in [6, 6.07) is 8.71. The first kappa shape index (κ1) is 14.8. The molecule has 0 aliphatic heterocycles. The maximum absolute atomic E-state index is 8.63. The Hall–Kier alpha value is -0.730. The van der Waals surface area contributed by atoms with Crippen LogP contribution in [0.15, 0.2) is 30.3 Å². The second kappa shape index (κ2) is 11.3. The molecule has 0 atom stereocenters. The third-order valence-electron chi connectivity index (χ3n) is 1.27. The number of phenols is 1. The van der Waals surface area contributed by atoms with Crippen molar-refractivity contribution < 1.29 is 10.2 Å². The zero-order valence-electron chi connectivity index (χ0n) is 7.81. The Labute approximate surface area is 85.6 Å². The van der Waals surface area contributed by atoms with Crippen molar-refractivity contribution in [2.24, 2.45) is 0 Å². The molecule has 2 nitrogen and oxygen atoms in total. The number of aliphatic hydroxyl groups is 1. The van der Waals surface area contributed by atoms with Gasteiger partial charge in [-0.25, -0.2) is 0 Å². The fraction of sp³-hybridized carbons (Fsp3) is 0.400. The lowest BCUT2D eigenvalue weighted by molar-refractivity contribution is 0.287. The summed E-state index contributed by atoms with van der Waals surface area (Å²) in [5.41, 5.74) is 0. The molecule has 0 heterocycles. The Morgan fingerprint density at radius 3 is 1.85 bits per heavy atom. The van der Waals surface area contributed by atoms with Crippen LogP contribution in [-0.2, 0) is 0 Å². The largest absolute Gasteiger partial charge is 0.508 e. The first-order valence-corrected chi connectivity index (χ1v) is 4.16. The molecule has 0 spiro atoms. The minimum absolute atomic E-state index is 0. The summed E-state index contributed by atoms with van der Waals surface area (Å²) >= 11 is 0. The van der Waals surface area contributed by atoms with Gasteiger partial charge in [-0.3, -0.25) is 0 Å². The summed E-state index contributed by atoms with van der Waals surface area (Å²) < 4.78 is 0. The van der Waals surface area contributed by atoms with Gasteiger partial charge in [0.25, 0.3) is 0 Å². The molecule has 0 fully saturated rings. The molecule has 0 bridgehead atoms. The summed E-state index contributed by atoms with van der Waals surface area (Å²) in [6.45, 7) is 2.40. The van der Waals surface area contributed by atoms with Crippen LogP contribution in [-0.4, -0.2) is 16.8 Å². The van der Waals surface area contributed by atoms with Crippen LogP contribution in [0.4, 0.5) is 0 Å². The minimum Gasteiger partial charge on any atom is -0.508 e. The Balaban J connectivity index is 0. The Morgan fingerprint density at radius 2 is 1.69 bits per heavy atom. The van der Waals surface area contributed by atoms with Crippen molar-refractivity contribution in [3.8, 4) is 5.75 Å². The molecule has 0 saturated heterocycles. The molecule has 0 aromatic heterocycles. The van der Waals surface area contributed by atoms with Gasteiger partial charge in [-0.15, -0.1) is 12.4 Å². The number of para-hydroxylation sites is 1. The average molecular weight is 205 g/mol. The molecular formula is C10H17ClO2. The highest BCUT2D eigenvalue weighted by atomic mass is 35.5. The van der Waals surface area contributed by atoms with Crippen molar-refractivity contribution in [3.05, 3.63) is 30.3 Å². The van der Waals surface area contributed by atoms with E-state index in [1.165, 1.54) is 0 Å². The normalized spacial score (nSPS) is 7.85. The van der Waals surface area contributed by atoms with Crippen LogP contribution in [0.5, 0.6) is 5.75 Å². The minimum atomic E-state index is 0. The lowest BCUT2D eigenvalue weighted by Gasteiger charge is -1.82. The monoisotopic (exact) mass is 204 g/mol. The van der Waals surface area contributed by atoms with Crippen molar-refractivity contribution in [1.29, 1.82) is 0 Å². The van der Waals surface area contributed by atoms with Gasteiger partial charge in [-0.2, -0.15) is 0 Å². The second-order valence-corrected chi connectivity index (χ2v) is 2.41. The van der Waals surface area contributed by atoms with E-state index < -0.39 is 0 Å². The number of aromatic hydroxyl groups is 1. The molecule has 0 amide bonds. The third-order valence-corrected chi connectivity index (χ3v) is 1.27. The molecule has 76 valence electrons. The molecule has 0 saturated carbocycles. The van der Waals surface area contributed by atoms with Crippen LogP contribution < -0.4 is 0 Å². The highest BCUT2D eigenvalue weighted by molar-refractivity contribution is 5.85. The van der Waals surface area contributed by atoms with Gasteiger partial charge in [0.2, 0.25) is 0 Å². The highest BCUT2D eigenvalue weighted by Crippen LogP contribution is 2.02. The number of halogens is 1. The Bertz CT molecular complexity index is 176. The molecule has 0 radical (unpaired) electrons. The van der Waals surface area contributed by atoms with Crippen molar-refractivity contribution in [2.45, 2.75) is 19.8 Å². The van der Waals surface area contributed by atoms with E-state index >= 15 is 0 Å².